The first-order chi connectivity index (χ1) is 12.4. The van der Waals surface area contributed by atoms with E-state index in [0.29, 0.717) is 35.8 Å². The molecule has 0 saturated heterocycles. The van der Waals surface area contributed by atoms with Crippen LogP contribution in [0.3, 0.4) is 0 Å². The van der Waals surface area contributed by atoms with Crippen LogP contribution in [0, 0.1) is 6.92 Å². The van der Waals surface area contributed by atoms with Crippen molar-refractivity contribution in [3.63, 3.8) is 0 Å². The molecule has 0 aromatic carbocycles. The Bertz CT molecular complexity index is 731. The van der Waals surface area contributed by atoms with Gasteiger partial charge < -0.3 is 20.7 Å². The number of aromatic nitrogens is 5. The number of ether oxygens (including phenoxy) is 1. The van der Waals surface area contributed by atoms with E-state index in [1.165, 1.54) is 0 Å². The lowest BCUT2D eigenvalue weighted by Gasteiger charge is -2.13. The molecule has 0 saturated carbocycles. The average Bonchev–Trinajstić information content (AvgIpc) is 2.92. The van der Waals surface area contributed by atoms with Gasteiger partial charge in [-0.15, -0.1) is 0 Å². The predicted octanol–water partition coefficient (Wildman–Crippen LogP) is 1.16. The van der Waals surface area contributed by atoms with Gasteiger partial charge in [0.1, 0.15) is 5.82 Å². The van der Waals surface area contributed by atoms with E-state index in [9.17, 15) is 4.79 Å². The number of carbonyl (C=O) groups excluding carboxylic acids is 1. The third-order valence-electron chi connectivity index (χ3n) is 3.21. The highest BCUT2D eigenvalue weighted by Crippen LogP contribution is 2.13. The van der Waals surface area contributed by atoms with Crippen LogP contribution < -0.4 is 16.0 Å². The van der Waals surface area contributed by atoms with E-state index in [-0.39, 0.29) is 24.4 Å². The van der Waals surface area contributed by atoms with E-state index in [0.717, 1.165) is 0 Å². The number of H-pyrrole nitrogens is 1. The Balaban J connectivity index is 2.02. The maximum Gasteiger partial charge on any atom is 0.233 e. The summed E-state index contributed by atoms with van der Waals surface area (Å²) < 4.78 is 5.09. The quantitative estimate of drug-likeness (QED) is 0.523. The number of aromatic amines is 1. The van der Waals surface area contributed by atoms with E-state index in [2.05, 4.69) is 41.1 Å². The molecular formula is C16H26N8O2. The largest absolute Gasteiger partial charge is 0.383 e. The van der Waals surface area contributed by atoms with E-state index >= 15 is 0 Å². The number of rotatable bonds is 9. The molecular weight excluding hydrogens is 336 g/mol. The number of anilines is 3. The number of hydrogen-bond donors (Lipinski definition) is 4. The molecule has 0 bridgehead atoms. The number of amides is 1. The lowest BCUT2D eigenvalue weighted by molar-refractivity contribution is -0.120. The Morgan fingerprint density at radius 2 is 1.96 bits per heavy atom. The Morgan fingerprint density at radius 1 is 1.23 bits per heavy atom. The minimum Gasteiger partial charge on any atom is -0.383 e. The van der Waals surface area contributed by atoms with Gasteiger partial charge in [-0.2, -0.15) is 20.1 Å². The van der Waals surface area contributed by atoms with Crippen LogP contribution in [0.15, 0.2) is 6.07 Å². The molecule has 10 heteroatoms. The van der Waals surface area contributed by atoms with Gasteiger partial charge in [-0.25, -0.2) is 0 Å². The number of nitrogens with zero attached hydrogens (tertiary/aromatic N) is 4. The van der Waals surface area contributed by atoms with Crippen LogP contribution in [0.25, 0.3) is 0 Å². The molecule has 26 heavy (non-hydrogen) atoms. The summed E-state index contributed by atoms with van der Waals surface area (Å²) in [5, 5.41) is 16.0. The van der Waals surface area contributed by atoms with Crippen LogP contribution in [0.5, 0.6) is 0 Å². The number of methoxy groups -OCH3 is 1. The lowest BCUT2D eigenvalue weighted by atomic mass is 10.2. The zero-order valence-corrected chi connectivity index (χ0v) is 15.8. The molecule has 142 valence electrons. The van der Waals surface area contributed by atoms with Crippen molar-refractivity contribution in [2.45, 2.75) is 46.2 Å². The summed E-state index contributed by atoms with van der Waals surface area (Å²) in [5.74, 6) is 1.86. The molecule has 2 rings (SSSR count). The molecule has 0 radical (unpaired) electrons. The number of aryl methyl sites for hydroxylation is 1. The average molecular weight is 362 g/mol. The third-order valence-corrected chi connectivity index (χ3v) is 3.21. The summed E-state index contributed by atoms with van der Waals surface area (Å²) in [4.78, 5) is 24.6. The van der Waals surface area contributed by atoms with Crippen LogP contribution in [0.4, 0.5) is 17.7 Å². The van der Waals surface area contributed by atoms with E-state index in [1.807, 2.05) is 20.8 Å². The van der Waals surface area contributed by atoms with Crippen molar-refractivity contribution in [1.29, 1.82) is 0 Å². The highest BCUT2D eigenvalue weighted by atomic mass is 16.5. The van der Waals surface area contributed by atoms with Gasteiger partial charge in [-0.1, -0.05) is 0 Å². The zero-order valence-electron chi connectivity index (χ0n) is 15.8. The van der Waals surface area contributed by atoms with Crippen LogP contribution in [0.2, 0.25) is 0 Å². The first-order valence-electron chi connectivity index (χ1n) is 8.44. The fourth-order valence-corrected chi connectivity index (χ4v) is 2.29. The van der Waals surface area contributed by atoms with Gasteiger partial charge in [0.2, 0.25) is 17.8 Å². The SMILES string of the molecule is COCC(C)Nc1nc(C)nc(Nc2cc(CC(=O)NC(C)C)[nH]n2)n1. The van der Waals surface area contributed by atoms with Gasteiger partial charge in [0, 0.05) is 31.0 Å². The van der Waals surface area contributed by atoms with Crippen LogP contribution in [-0.2, 0) is 16.0 Å². The molecule has 0 spiro atoms. The van der Waals surface area contributed by atoms with Crippen molar-refractivity contribution in [2.24, 2.45) is 0 Å². The van der Waals surface area contributed by atoms with Crippen molar-refractivity contribution >= 4 is 23.6 Å². The molecule has 2 aromatic rings. The topological polar surface area (TPSA) is 130 Å². The van der Waals surface area contributed by atoms with Crippen molar-refractivity contribution in [3.05, 3.63) is 17.6 Å². The van der Waals surface area contributed by atoms with Crippen LogP contribution in [0.1, 0.15) is 32.3 Å². The molecule has 0 aliphatic heterocycles. The lowest BCUT2D eigenvalue weighted by Crippen LogP contribution is -2.31. The molecule has 1 amide bonds. The van der Waals surface area contributed by atoms with E-state index in [1.54, 1.807) is 20.1 Å². The minimum absolute atomic E-state index is 0.0612. The second-order valence-corrected chi connectivity index (χ2v) is 6.33. The van der Waals surface area contributed by atoms with E-state index in [4.69, 9.17) is 4.74 Å². The molecule has 2 aromatic heterocycles. The highest BCUT2D eigenvalue weighted by molar-refractivity contribution is 5.78. The monoisotopic (exact) mass is 362 g/mol. The summed E-state index contributed by atoms with van der Waals surface area (Å²) in [6.45, 7) is 8.12. The molecule has 0 fully saturated rings. The Hall–Kier alpha value is -2.75. The second-order valence-electron chi connectivity index (χ2n) is 6.33. The van der Waals surface area contributed by atoms with Gasteiger partial charge in [0.15, 0.2) is 5.82 Å². The normalized spacial score (nSPS) is 12.1. The van der Waals surface area contributed by atoms with Crippen LogP contribution >= 0.6 is 0 Å². The van der Waals surface area contributed by atoms with Gasteiger partial charge in [0.25, 0.3) is 0 Å². The summed E-state index contributed by atoms with van der Waals surface area (Å²) in [6, 6.07) is 1.91. The van der Waals surface area contributed by atoms with Gasteiger partial charge in [0.05, 0.1) is 13.0 Å². The van der Waals surface area contributed by atoms with Crippen molar-refractivity contribution < 1.29 is 9.53 Å². The van der Waals surface area contributed by atoms with Crippen molar-refractivity contribution in [1.82, 2.24) is 30.5 Å². The first-order valence-corrected chi connectivity index (χ1v) is 8.44. The Morgan fingerprint density at radius 3 is 2.65 bits per heavy atom. The van der Waals surface area contributed by atoms with Gasteiger partial charge in [-0.05, 0) is 27.7 Å². The highest BCUT2D eigenvalue weighted by Gasteiger charge is 2.11. The molecule has 1 atom stereocenters. The fourth-order valence-electron chi connectivity index (χ4n) is 2.29. The number of hydrogen-bond acceptors (Lipinski definition) is 8. The maximum atomic E-state index is 11.8. The van der Waals surface area contributed by atoms with Crippen molar-refractivity contribution in [3.8, 4) is 0 Å². The summed E-state index contributed by atoms with van der Waals surface area (Å²) in [7, 11) is 1.64. The smallest absolute Gasteiger partial charge is 0.233 e. The molecule has 0 aliphatic carbocycles. The molecule has 0 aliphatic rings. The molecule has 1 unspecified atom stereocenters. The summed E-state index contributed by atoms with van der Waals surface area (Å²) in [6.07, 6.45) is 0.227. The van der Waals surface area contributed by atoms with E-state index < -0.39 is 0 Å². The summed E-state index contributed by atoms with van der Waals surface area (Å²) in [5.41, 5.74) is 0.698. The standard InChI is InChI=1S/C16H26N8O2/c1-9(2)17-14(25)7-12-6-13(24-23-12)21-16-20-11(4)19-15(22-16)18-10(3)8-26-5/h6,9-10H,7-8H2,1-5H3,(H,17,25)(H3,18,19,20,21,22,23,24). The third kappa shape index (κ3) is 6.28. The molecule has 4 N–H and O–H groups in total. The molecule has 2 heterocycles. The Labute approximate surface area is 152 Å². The molecule has 10 nitrogen and oxygen atoms in total. The minimum atomic E-state index is -0.0650. The number of nitrogens with one attached hydrogen (secondary N) is 4. The Kier molecular flexibility index (Phi) is 6.84. The summed E-state index contributed by atoms with van der Waals surface area (Å²) >= 11 is 0. The first kappa shape index (κ1) is 19.6. The van der Waals surface area contributed by atoms with Crippen LogP contribution in [-0.4, -0.2) is 56.9 Å². The number of carbonyl (C=O) groups is 1. The van der Waals surface area contributed by atoms with Gasteiger partial charge in [-0.3, -0.25) is 9.89 Å². The fraction of sp³-hybridized carbons (Fsp3) is 0.562. The zero-order chi connectivity index (χ0) is 19.1. The predicted molar refractivity (Wildman–Crippen MR) is 98.4 cm³/mol. The second kappa shape index (κ2) is 9.09. The van der Waals surface area contributed by atoms with Gasteiger partial charge >= 0.3 is 0 Å². The van der Waals surface area contributed by atoms with Crippen molar-refractivity contribution in [2.75, 3.05) is 24.4 Å². The maximum absolute atomic E-state index is 11.8.